The molecule has 164 valence electrons. The van der Waals surface area contributed by atoms with Gasteiger partial charge in [-0.25, -0.2) is 4.98 Å². The number of ether oxygens (including phenoxy) is 1. The minimum atomic E-state index is -0.0106. The van der Waals surface area contributed by atoms with Crippen LogP contribution in [0.25, 0.3) is 10.2 Å². The standard InChI is InChI=1S/C25H25N3O2S2/c1-3-30-21-9-7-10-22-24(21)27-25(32-22)28(17-19-8-5-6-15-26-19)23(29)16-18-11-13-20(14-12-18)31-4-2/h5-15H,3-4,16-17H2,1-2H3. The van der Waals surface area contributed by atoms with Gasteiger partial charge in [-0.2, -0.15) is 0 Å². The van der Waals surface area contributed by atoms with E-state index in [4.69, 9.17) is 9.72 Å². The molecule has 0 fully saturated rings. The summed E-state index contributed by atoms with van der Waals surface area (Å²) in [5, 5.41) is 0.654. The van der Waals surface area contributed by atoms with Crippen LogP contribution >= 0.6 is 23.1 Å². The molecule has 0 aliphatic rings. The highest BCUT2D eigenvalue weighted by atomic mass is 32.2. The van der Waals surface area contributed by atoms with E-state index >= 15 is 0 Å². The molecule has 7 heteroatoms. The molecular weight excluding hydrogens is 438 g/mol. The van der Waals surface area contributed by atoms with Crippen LogP contribution in [0.3, 0.4) is 0 Å². The van der Waals surface area contributed by atoms with Crippen LogP contribution in [-0.2, 0) is 17.8 Å². The average molecular weight is 464 g/mol. The summed E-state index contributed by atoms with van der Waals surface area (Å²) >= 11 is 3.29. The number of thioether (sulfide) groups is 1. The van der Waals surface area contributed by atoms with Crippen molar-refractivity contribution >= 4 is 44.4 Å². The molecule has 2 heterocycles. The maximum absolute atomic E-state index is 13.4. The van der Waals surface area contributed by atoms with Crippen molar-refractivity contribution in [2.45, 2.75) is 31.7 Å². The van der Waals surface area contributed by atoms with Gasteiger partial charge in [-0.3, -0.25) is 14.7 Å². The first-order valence-corrected chi connectivity index (χ1v) is 12.4. The van der Waals surface area contributed by atoms with Crippen LogP contribution in [-0.4, -0.2) is 28.2 Å². The molecule has 0 unspecified atom stereocenters. The lowest BCUT2D eigenvalue weighted by Crippen LogP contribution is -2.32. The number of aromatic nitrogens is 2. The van der Waals surface area contributed by atoms with E-state index in [1.54, 1.807) is 22.9 Å². The fourth-order valence-electron chi connectivity index (χ4n) is 3.36. The number of hydrogen-bond donors (Lipinski definition) is 0. The van der Waals surface area contributed by atoms with Crippen molar-refractivity contribution in [2.24, 2.45) is 0 Å². The lowest BCUT2D eigenvalue weighted by Gasteiger charge is -2.19. The molecule has 2 aromatic carbocycles. The summed E-state index contributed by atoms with van der Waals surface area (Å²) in [6.45, 7) is 5.02. The van der Waals surface area contributed by atoms with Crippen LogP contribution in [0.1, 0.15) is 25.1 Å². The van der Waals surface area contributed by atoms with Crippen molar-refractivity contribution in [3.05, 3.63) is 78.1 Å². The van der Waals surface area contributed by atoms with Crippen molar-refractivity contribution in [1.29, 1.82) is 0 Å². The first-order chi connectivity index (χ1) is 15.7. The zero-order valence-electron chi connectivity index (χ0n) is 18.2. The number of pyridine rings is 1. The normalized spacial score (nSPS) is 10.9. The molecular formula is C25H25N3O2S2. The summed E-state index contributed by atoms with van der Waals surface area (Å²) in [5.41, 5.74) is 2.59. The molecule has 0 saturated heterocycles. The van der Waals surface area contributed by atoms with Crippen molar-refractivity contribution in [1.82, 2.24) is 9.97 Å². The number of amides is 1. The van der Waals surface area contributed by atoms with E-state index in [0.29, 0.717) is 24.7 Å². The largest absolute Gasteiger partial charge is 0.492 e. The third-order valence-electron chi connectivity index (χ3n) is 4.84. The number of fused-ring (bicyclic) bond motifs is 1. The predicted octanol–water partition coefficient (Wildman–Crippen LogP) is 5.98. The topological polar surface area (TPSA) is 55.3 Å². The number of carbonyl (C=O) groups is 1. The molecule has 5 nitrogen and oxygen atoms in total. The van der Waals surface area contributed by atoms with Crippen LogP contribution in [0.4, 0.5) is 5.13 Å². The Balaban J connectivity index is 1.64. The molecule has 2 aromatic heterocycles. The van der Waals surface area contributed by atoms with E-state index in [2.05, 4.69) is 24.0 Å². The highest BCUT2D eigenvalue weighted by Crippen LogP contribution is 2.35. The predicted molar refractivity (Wildman–Crippen MR) is 133 cm³/mol. The second kappa shape index (κ2) is 10.6. The zero-order chi connectivity index (χ0) is 22.3. The van der Waals surface area contributed by atoms with Crippen molar-refractivity contribution in [2.75, 3.05) is 17.3 Å². The van der Waals surface area contributed by atoms with E-state index in [9.17, 15) is 4.79 Å². The number of para-hydroxylation sites is 1. The number of anilines is 1. The molecule has 1 amide bonds. The minimum Gasteiger partial charge on any atom is -0.492 e. The Morgan fingerprint density at radius 2 is 1.91 bits per heavy atom. The number of thiazole rings is 1. The highest BCUT2D eigenvalue weighted by Gasteiger charge is 2.22. The van der Waals surface area contributed by atoms with Gasteiger partial charge in [0.25, 0.3) is 0 Å². The first-order valence-electron chi connectivity index (χ1n) is 10.6. The molecule has 0 radical (unpaired) electrons. The summed E-state index contributed by atoms with van der Waals surface area (Å²) in [5.74, 6) is 1.75. The van der Waals surface area contributed by atoms with Gasteiger partial charge < -0.3 is 4.74 Å². The average Bonchev–Trinajstić information content (AvgIpc) is 3.25. The van der Waals surface area contributed by atoms with E-state index in [1.807, 2.05) is 55.5 Å². The van der Waals surface area contributed by atoms with Gasteiger partial charge in [-0.05, 0) is 54.6 Å². The summed E-state index contributed by atoms with van der Waals surface area (Å²) < 4.78 is 6.74. The molecule has 0 N–H and O–H groups in total. The van der Waals surface area contributed by atoms with Gasteiger partial charge in [0.1, 0.15) is 11.3 Å². The van der Waals surface area contributed by atoms with E-state index < -0.39 is 0 Å². The zero-order valence-corrected chi connectivity index (χ0v) is 19.8. The second-order valence-corrected chi connectivity index (χ2v) is 9.43. The number of hydrogen-bond acceptors (Lipinski definition) is 6. The van der Waals surface area contributed by atoms with Crippen LogP contribution in [0.5, 0.6) is 5.75 Å². The molecule has 0 aliphatic heterocycles. The Morgan fingerprint density at radius 3 is 2.62 bits per heavy atom. The smallest absolute Gasteiger partial charge is 0.233 e. The fourth-order valence-corrected chi connectivity index (χ4v) is 5.02. The van der Waals surface area contributed by atoms with Crippen molar-refractivity contribution < 1.29 is 9.53 Å². The third kappa shape index (κ3) is 5.29. The summed E-state index contributed by atoms with van der Waals surface area (Å²) in [4.78, 5) is 25.6. The van der Waals surface area contributed by atoms with E-state index in [1.165, 1.54) is 16.2 Å². The summed E-state index contributed by atoms with van der Waals surface area (Å²) in [7, 11) is 0. The van der Waals surface area contributed by atoms with Gasteiger partial charge in [0.15, 0.2) is 5.13 Å². The maximum Gasteiger partial charge on any atom is 0.233 e. The SMILES string of the molecule is CCOc1cccc2sc(N(Cc3ccccn3)C(=O)Cc3ccc(SCC)cc3)nc12. The highest BCUT2D eigenvalue weighted by molar-refractivity contribution is 7.99. The Morgan fingerprint density at radius 1 is 1.06 bits per heavy atom. The molecule has 0 saturated carbocycles. The Hall–Kier alpha value is -2.90. The molecule has 0 bridgehead atoms. The van der Waals surface area contributed by atoms with Gasteiger partial charge in [0.05, 0.1) is 30.0 Å². The van der Waals surface area contributed by atoms with Gasteiger partial charge >= 0.3 is 0 Å². The summed E-state index contributed by atoms with van der Waals surface area (Å²) in [6.07, 6.45) is 2.05. The number of carbonyl (C=O) groups excluding carboxylic acids is 1. The van der Waals surface area contributed by atoms with Gasteiger partial charge in [-0.15, -0.1) is 11.8 Å². The van der Waals surface area contributed by atoms with Crippen LogP contribution < -0.4 is 9.64 Å². The third-order valence-corrected chi connectivity index (χ3v) is 6.78. The summed E-state index contributed by atoms with van der Waals surface area (Å²) in [6, 6.07) is 19.8. The first kappa shape index (κ1) is 22.3. The van der Waals surface area contributed by atoms with Gasteiger partial charge in [-0.1, -0.05) is 42.5 Å². The lowest BCUT2D eigenvalue weighted by molar-refractivity contribution is -0.118. The van der Waals surface area contributed by atoms with Crippen molar-refractivity contribution in [3.8, 4) is 5.75 Å². The fraction of sp³-hybridized carbons (Fsp3) is 0.240. The Labute approximate surface area is 196 Å². The molecule has 4 aromatic rings. The van der Waals surface area contributed by atoms with E-state index in [0.717, 1.165) is 33.0 Å². The lowest BCUT2D eigenvalue weighted by atomic mass is 10.1. The van der Waals surface area contributed by atoms with Crippen molar-refractivity contribution in [3.63, 3.8) is 0 Å². The molecule has 4 rings (SSSR count). The monoisotopic (exact) mass is 463 g/mol. The maximum atomic E-state index is 13.4. The van der Waals surface area contributed by atoms with Crippen LogP contribution in [0.2, 0.25) is 0 Å². The molecule has 0 spiro atoms. The second-order valence-electron chi connectivity index (χ2n) is 7.09. The Bertz CT molecular complexity index is 1180. The molecule has 0 atom stereocenters. The minimum absolute atomic E-state index is 0.0106. The molecule has 0 aliphatic carbocycles. The van der Waals surface area contributed by atoms with Crippen LogP contribution in [0, 0.1) is 0 Å². The number of nitrogens with zero attached hydrogens (tertiary/aromatic N) is 3. The number of rotatable bonds is 9. The van der Waals surface area contributed by atoms with E-state index in [-0.39, 0.29) is 5.91 Å². The number of benzene rings is 2. The molecule has 32 heavy (non-hydrogen) atoms. The van der Waals surface area contributed by atoms with Gasteiger partial charge in [0, 0.05) is 11.1 Å². The Kier molecular flexibility index (Phi) is 7.39. The quantitative estimate of drug-likeness (QED) is 0.286. The van der Waals surface area contributed by atoms with Crippen LogP contribution in [0.15, 0.2) is 71.8 Å². The van der Waals surface area contributed by atoms with Gasteiger partial charge in [0.2, 0.25) is 5.91 Å².